The van der Waals surface area contributed by atoms with E-state index in [-0.39, 0.29) is 17.7 Å². The molecule has 2 rings (SSSR count). The van der Waals surface area contributed by atoms with Crippen LogP contribution < -0.4 is 10.5 Å². The standard InChI is InChI=1S/C15H13F2NO3/c1-20-13-7-9(5-6-12(13)18)15(19)21-8-10-3-2-4-11(16)14(10)17/h2-7H,8,18H2,1H3. The summed E-state index contributed by atoms with van der Waals surface area (Å²) >= 11 is 0. The Morgan fingerprint density at radius 2 is 2.00 bits per heavy atom. The van der Waals surface area contributed by atoms with Crippen LogP contribution in [0.2, 0.25) is 0 Å². The molecule has 0 spiro atoms. The quantitative estimate of drug-likeness (QED) is 0.695. The number of hydrogen-bond acceptors (Lipinski definition) is 4. The SMILES string of the molecule is COc1cc(C(=O)OCc2cccc(F)c2F)ccc1N. The summed E-state index contributed by atoms with van der Waals surface area (Å²) in [7, 11) is 1.42. The first kappa shape index (κ1) is 14.8. The minimum Gasteiger partial charge on any atom is -0.495 e. The van der Waals surface area contributed by atoms with E-state index in [9.17, 15) is 13.6 Å². The Morgan fingerprint density at radius 3 is 2.71 bits per heavy atom. The van der Waals surface area contributed by atoms with Crippen LogP contribution in [0.1, 0.15) is 15.9 Å². The third-order valence-corrected chi connectivity index (χ3v) is 2.86. The van der Waals surface area contributed by atoms with E-state index in [0.29, 0.717) is 11.4 Å². The summed E-state index contributed by atoms with van der Waals surface area (Å²) in [5, 5.41) is 0. The topological polar surface area (TPSA) is 61.5 Å². The molecule has 2 aromatic carbocycles. The summed E-state index contributed by atoms with van der Waals surface area (Å²) in [6.45, 7) is -0.366. The van der Waals surface area contributed by atoms with Gasteiger partial charge in [-0.2, -0.15) is 0 Å². The Bertz CT molecular complexity index is 674. The highest BCUT2D eigenvalue weighted by Gasteiger charge is 2.13. The molecule has 21 heavy (non-hydrogen) atoms. The molecule has 110 valence electrons. The van der Waals surface area contributed by atoms with Crippen molar-refractivity contribution in [3.05, 3.63) is 59.2 Å². The highest BCUT2D eigenvalue weighted by atomic mass is 19.2. The minimum absolute atomic E-state index is 0.0363. The predicted octanol–water partition coefficient (Wildman–Crippen LogP) is 2.91. The third kappa shape index (κ3) is 3.28. The molecule has 0 atom stereocenters. The van der Waals surface area contributed by atoms with E-state index in [1.807, 2.05) is 0 Å². The van der Waals surface area contributed by atoms with Crippen molar-refractivity contribution in [1.29, 1.82) is 0 Å². The number of nitrogens with two attached hydrogens (primary N) is 1. The summed E-state index contributed by atoms with van der Waals surface area (Å²) in [5.41, 5.74) is 6.18. The van der Waals surface area contributed by atoms with E-state index in [4.69, 9.17) is 15.2 Å². The van der Waals surface area contributed by atoms with Crippen molar-refractivity contribution in [2.24, 2.45) is 0 Å². The monoisotopic (exact) mass is 293 g/mol. The average Bonchev–Trinajstić information content (AvgIpc) is 2.49. The summed E-state index contributed by atoms with van der Waals surface area (Å²) < 4.78 is 36.4. The molecule has 0 unspecified atom stereocenters. The van der Waals surface area contributed by atoms with E-state index >= 15 is 0 Å². The summed E-state index contributed by atoms with van der Waals surface area (Å²) in [4.78, 5) is 11.9. The molecule has 0 heterocycles. The Kier molecular flexibility index (Phi) is 4.37. The van der Waals surface area contributed by atoms with E-state index in [1.54, 1.807) is 0 Å². The van der Waals surface area contributed by atoms with Gasteiger partial charge in [0.15, 0.2) is 11.6 Å². The molecule has 0 bridgehead atoms. The van der Waals surface area contributed by atoms with Crippen molar-refractivity contribution in [1.82, 2.24) is 0 Å². The Hall–Kier alpha value is -2.63. The van der Waals surface area contributed by atoms with E-state index in [2.05, 4.69) is 0 Å². The molecule has 0 amide bonds. The van der Waals surface area contributed by atoms with Gasteiger partial charge in [0.2, 0.25) is 0 Å². The predicted molar refractivity (Wildman–Crippen MR) is 72.9 cm³/mol. The number of carbonyl (C=O) groups is 1. The smallest absolute Gasteiger partial charge is 0.338 e. The fourth-order valence-electron chi connectivity index (χ4n) is 1.72. The van der Waals surface area contributed by atoms with Gasteiger partial charge in [0.25, 0.3) is 0 Å². The highest BCUT2D eigenvalue weighted by Crippen LogP contribution is 2.23. The van der Waals surface area contributed by atoms with Crippen molar-refractivity contribution in [3.63, 3.8) is 0 Å². The Morgan fingerprint density at radius 1 is 1.24 bits per heavy atom. The second-order valence-corrected chi connectivity index (χ2v) is 4.25. The minimum atomic E-state index is -1.03. The molecule has 4 nitrogen and oxygen atoms in total. The lowest BCUT2D eigenvalue weighted by Crippen LogP contribution is -2.07. The second-order valence-electron chi connectivity index (χ2n) is 4.25. The van der Waals surface area contributed by atoms with Crippen LogP contribution in [0.3, 0.4) is 0 Å². The Labute approximate surface area is 120 Å². The van der Waals surface area contributed by atoms with Crippen molar-refractivity contribution in [2.75, 3.05) is 12.8 Å². The first-order valence-corrected chi connectivity index (χ1v) is 6.06. The lowest BCUT2D eigenvalue weighted by molar-refractivity contribution is 0.0467. The van der Waals surface area contributed by atoms with Gasteiger partial charge in [-0.05, 0) is 24.3 Å². The van der Waals surface area contributed by atoms with Crippen molar-refractivity contribution in [2.45, 2.75) is 6.61 Å². The molecule has 0 fully saturated rings. The molecule has 2 N–H and O–H groups in total. The molecule has 0 aliphatic rings. The van der Waals surface area contributed by atoms with E-state index in [0.717, 1.165) is 6.07 Å². The molecule has 6 heteroatoms. The maximum atomic E-state index is 13.4. The molecule has 0 aromatic heterocycles. The summed E-state index contributed by atoms with van der Waals surface area (Å²) in [5.74, 6) is -2.36. The number of esters is 1. The van der Waals surface area contributed by atoms with Gasteiger partial charge in [0.1, 0.15) is 12.4 Å². The maximum absolute atomic E-state index is 13.4. The number of rotatable bonds is 4. The van der Waals surface area contributed by atoms with Gasteiger partial charge >= 0.3 is 5.97 Å². The zero-order chi connectivity index (χ0) is 15.4. The lowest BCUT2D eigenvalue weighted by Gasteiger charge is -2.08. The normalized spacial score (nSPS) is 10.2. The molecular weight excluding hydrogens is 280 g/mol. The summed E-state index contributed by atoms with van der Waals surface area (Å²) in [6, 6.07) is 8.05. The number of methoxy groups -OCH3 is 1. The van der Waals surface area contributed by atoms with E-state index < -0.39 is 17.6 Å². The van der Waals surface area contributed by atoms with Gasteiger partial charge < -0.3 is 15.2 Å². The zero-order valence-electron chi connectivity index (χ0n) is 11.2. The largest absolute Gasteiger partial charge is 0.495 e. The van der Waals surface area contributed by atoms with Crippen LogP contribution in [0.25, 0.3) is 0 Å². The van der Waals surface area contributed by atoms with Crippen molar-refractivity contribution in [3.8, 4) is 5.75 Å². The molecule has 0 saturated carbocycles. The first-order chi connectivity index (χ1) is 10.0. The van der Waals surface area contributed by atoms with Crippen LogP contribution in [0.5, 0.6) is 5.75 Å². The number of anilines is 1. The molecule has 0 aliphatic carbocycles. The molecular formula is C15H13F2NO3. The molecule has 0 aliphatic heterocycles. The average molecular weight is 293 g/mol. The highest BCUT2D eigenvalue weighted by molar-refractivity contribution is 5.90. The lowest BCUT2D eigenvalue weighted by atomic mass is 10.2. The number of nitrogen functional groups attached to an aromatic ring is 1. The van der Waals surface area contributed by atoms with Gasteiger partial charge in [-0.1, -0.05) is 12.1 Å². The van der Waals surface area contributed by atoms with Crippen molar-refractivity contribution >= 4 is 11.7 Å². The van der Waals surface area contributed by atoms with E-state index in [1.165, 1.54) is 37.4 Å². The van der Waals surface area contributed by atoms with Gasteiger partial charge in [-0.15, -0.1) is 0 Å². The van der Waals surface area contributed by atoms with Crippen LogP contribution in [0.4, 0.5) is 14.5 Å². The van der Waals surface area contributed by atoms with Crippen LogP contribution in [0, 0.1) is 11.6 Å². The zero-order valence-corrected chi connectivity index (χ0v) is 11.2. The van der Waals surface area contributed by atoms with Crippen LogP contribution >= 0.6 is 0 Å². The van der Waals surface area contributed by atoms with Gasteiger partial charge in [0.05, 0.1) is 18.4 Å². The van der Waals surface area contributed by atoms with Crippen LogP contribution in [-0.2, 0) is 11.3 Å². The number of halogens is 2. The number of hydrogen-bond donors (Lipinski definition) is 1. The maximum Gasteiger partial charge on any atom is 0.338 e. The molecule has 2 aromatic rings. The van der Waals surface area contributed by atoms with Gasteiger partial charge in [-0.25, -0.2) is 13.6 Å². The van der Waals surface area contributed by atoms with Crippen LogP contribution in [0.15, 0.2) is 36.4 Å². The third-order valence-electron chi connectivity index (χ3n) is 2.86. The number of ether oxygens (including phenoxy) is 2. The molecule has 0 radical (unpaired) electrons. The fourth-order valence-corrected chi connectivity index (χ4v) is 1.72. The van der Waals surface area contributed by atoms with Gasteiger partial charge in [-0.3, -0.25) is 0 Å². The van der Waals surface area contributed by atoms with Crippen LogP contribution in [-0.4, -0.2) is 13.1 Å². The number of benzene rings is 2. The van der Waals surface area contributed by atoms with Crippen molar-refractivity contribution < 1.29 is 23.0 Å². The second kappa shape index (κ2) is 6.21. The fraction of sp³-hybridized carbons (Fsp3) is 0.133. The summed E-state index contributed by atoms with van der Waals surface area (Å²) in [6.07, 6.45) is 0. The van der Waals surface area contributed by atoms with Gasteiger partial charge in [0, 0.05) is 5.56 Å². The first-order valence-electron chi connectivity index (χ1n) is 6.06. The Balaban J connectivity index is 2.10. The molecule has 0 saturated heterocycles. The number of carbonyl (C=O) groups excluding carboxylic acids is 1.